The Balaban J connectivity index is 1.89. The summed E-state index contributed by atoms with van der Waals surface area (Å²) in [6.45, 7) is 3.35. The minimum Gasteiger partial charge on any atom is -0.324 e. The van der Waals surface area contributed by atoms with Gasteiger partial charge in [0.15, 0.2) is 5.78 Å². The summed E-state index contributed by atoms with van der Waals surface area (Å²) in [7, 11) is -3.85. The Morgan fingerprint density at radius 3 is 2.69 bits per heavy atom. The lowest BCUT2D eigenvalue weighted by Gasteiger charge is -2.23. The molecule has 2 N–H and O–H groups in total. The van der Waals surface area contributed by atoms with E-state index in [2.05, 4.69) is 10.0 Å². The van der Waals surface area contributed by atoms with Gasteiger partial charge in [0.1, 0.15) is 0 Å². The third-order valence-corrected chi connectivity index (χ3v) is 6.79. The van der Waals surface area contributed by atoms with Gasteiger partial charge in [-0.15, -0.1) is 11.8 Å². The minimum atomic E-state index is -3.85. The molecule has 0 aromatic heterocycles. The predicted molar refractivity (Wildman–Crippen MR) is 102 cm³/mol. The van der Waals surface area contributed by atoms with Crippen LogP contribution in [-0.4, -0.2) is 25.4 Å². The molecular weight excluding hydrogens is 372 g/mol. The Morgan fingerprint density at radius 2 is 2.00 bits per heavy atom. The van der Waals surface area contributed by atoms with Crippen molar-refractivity contribution in [2.24, 2.45) is 0 Å². The molecule has 0 aliphatic carbocycles. The Hall–Kier alpha value is -2.32. The van der Waals surface area contributed by atoms with Crippen LogP contribution in [0.4, 0.5) is 11.4 Å². The number of hydrogen-bond donors (Lipinski definition) is 2. The number of thioether (sulfide) groups is 1. The molecule has 1 aliphatic rings. The zero-order valence-corrected chi connectivity index (χ0v) is 15.9. The fraction of sp³-hybridized carbons (Fsp3) is 0.222. The maximum atomic E-state index is 12.7. The summed E-state index contributed by atoms with van der Waals surface area (Å²) < 4.78 is 27.8. The molecule has 0 radical (unpaired) electrons. The van der Waals surface area contributed by atoms with Crippen molar-refractivity contribution < 1.29 is 18.0 Å². The highest BCUT2D eigenvalue weighted by Crippen LogP contribution is 2.38. The van der Waals surface area contributed by atoms with Crippen LogP contribution in [0.25, 0.3) is 0 Å². The van der Waals surface area contributed by atoms with Crippen LogP contribution in [0.5, 0.6) is 0 Å². The number of carbonyl (C=O) groups is 2. The van der Waals surface area contributed by atoms with Crippen molar-refractivity contribution in [2.45, 2.75) is 35.3 Å². The number of anilines is 2. The van der Waals surface area contributed by atoms with Crippen LogP contribution >= 0.6 is 11.8 Å². The third kappa shape index (κ3) is 3.76. The van der Waals surface area contributed by atoms with E-state index in [9.17, 15) is 18.0 Å². The summed E-state index contributed by atoms with van der Waals surface area (Å²) in [6, 6.07) is 11.0. The molecule has 2 aromatic rings. The number of fused-ring (bicyclic) bond motifs is 1. The van der Waals surface area contributed by atoms with Gasteiger partial charge in [-0.25, -0.2) is 8.42 Å². The van der Waals surface area contributed by atoms with E-state index in [1.54, 1.807) is 24.3 Å². The average molecular weight is 390 g/mol. The second-order valence-corrected chi connectivity index (χ2v) is 8.83. The second-order valence-electron chi connectivity index (χ2n) is 5.90. The van der Waals surface area contributed by atoms with Crippen LogP contribution in [0, 0.1) is 0 Å². The SMILES string of the molecule is CCC1Sc2ccc(S(=O)(=O)Nc3cccc(C(C)=O)c3)cc2NC1=O. The molecule has 1 unspecified atom stereocenters. The molecule has 2 aromatic carbocycles. The highest BCUT2D eigenvalue weighted by molar-refractivity contribution is 8.01. The highest BCUT2D eigenvalue weighted by Gasteiger charge is 2.27. The van der Waals surface area contributed by atoms with E-state index in [1.165, 1.54) is 36.9 Å². The predicted octanol–water partition coefficient (Wildman–Crippen LogP) is 3.51. The smallest absolute Gasteiger partial charge is 0.261 e. The van der Waals surface area contributed by atoms with Gasteiger partial charge in [0.25, 0.3) is 10.0 Å². The van der Waals surface area contributed by atoms with Gasteiger partial charge in [-0.2, -0.15) is 0 Å². The van der Waals surface area contributed by atoms with Gasteiger partial charge < -0.3 is 5.32 Å². The number of sulfonamides is 1. The van der Waals surface area contributed by atoms with E-state index < -0.39 is 10.0 Å². The van der Waals surface area contributed by atoms with Gasteiger partial charge in [0.2, 0.25) is 5.91 Å². The molecule has 1 aliphatic heterocycles. The van der Waals surface area contributed by atoms with Crippen molar-refractivity contribution in [1.29, 1.82) is 0 Å². The molecule has 1 amide bonds. The van der Waals surface area contributed by atoms with E-state index >= 15 is 0 Å². The van der Waals surface area contributed by atoms with Crippen LogP contribution in [0.3, 0.4) is 0 Å². The number of amides is 1. The van der Waals surface area contributed by atoms with Crippen molar-refractivity contribution in [3.8, 4) is 0 Å². The zero-order chi connectivity index (χ0) is 18.9. The first kappa shape index (κ1) is 18.5. The monoisotopic (exact) mass is 390 g/mol. The number of benzene rings is 2. The number of hydrogen-bond acceptors (Lipinski definition) is 5. The Kier molecular flexibility index (Phi) is 5.06. The molecule has 136 valence electrons. The minimum absolute atomic E-state index is 0.0420. The van der Waals surface area contributed by atoms with Crippen LogP contribution in [0.15, 0.2) is 52.3 Å². The molecule has 3 rings (SSSR count). The first-order chi connectivity index (χ1) is 12.3. The largest absolute Gasteiger partial charge is 0.324 e. The summed E-state index contributed by atoms with van der Waals surface area (Å²) in [5, 5.41) is 2.60. The van der Waals surface area contributed by atoms with Gasteiger partial charge in [-0.1, -0.05) is 19.1 Å². The lowest BCUT2D eigenvalue weighted by molar-refractivity contribution is -0.115. The molecule has 6 nitrogen and oxygen atoms in total. The molecule has 0 saturated carbocycles. The van der Waals surface area contributed by atoms with Crippen molar-refractivity contribution in [1.82, 2.24) is 0 Å². The fourth-order valence-electron chi connectivity index (χ4n) is 2.58. The molecular formula is C18H18N2O4S2. The topological polar surface area (TPSA) is 92.3 Å². The molecule has 8 heteroatoms. The van der Waals surface area contributed by atoms with E-state index in [0.29, 0.717) is 23.4 Å². The second kappa shape index (κ2) is 7.13. The highest BCUT2D eigenvalue weighted by atomic mass is 32.2. The van der Waals surface area contributed by atoms with Crippen LogP contribution < -0.4 is 10.0 Å². The van der Waals surface area contributed by atoms with Gasteiger partial charge in [-0.05, 0) is 43.7 Å². The molecule has 1 atom stereocenters. The first-order valence-corrected chi connectivity index (χ1v) is 10.4. The van der Waals surface area contributed by atoms with E-state index in [4.69, 9.17) is 0 Å². The van der Waals surface area contributed by atoms with Gasteiger partial charge >= 0.3 is 0 Å². The summed E-state index contributed by atoms with van der Waals surface area (Å²) in [5.41, 5.74) is 1.22. The molecule has 1 heterocycles. The Bertz CT molecular complexity index is 986. The van der Waals surface area contributed by atoms with E-state index in [1.807, 2.05) is 6.92 Å². The van der Waals surface area contributed by atoms with E-state index in [0.717, 1.165) is 4.90 Å². The number of rotatable bonds is 5. The lowest BCUT2D eigenvalue weighted by atomic mass is 10.1. The molecule has 0 fully saturated rings. The molecule has 0 spiro atoms. The van der Waals surface area contributed by atoms with E-state index in [-0.39, 0.29) is 21.8 Å². The average Bonchev–Trinajstić information content (AvgIpc) is 2.60. The van der Waals surface area contributed by atoms with Crippen molar-refractivity contribution in [3.63, 3.8) is 0 Å². The third-order valence-electron chi connectivity index (χ3n) is 3.97. The summed E-state index contributed by atoms with van der Waals surface area (Å²) in [4.78, 5) is 24.4. The summed E-state index contributed by atoms with van der Waals surface area (Å²) in [5.74, 6) is -0.272. The number of carbonyl (C=O) groups excluding carboxylic acids is 2. The summed E-state index contributed by atoms with van der Waals surface area (Å²) in [6.07, 6.45) is 0.698. The normalized spacial score (nSPS) is 16.5. The van der Waals surface area contributed by atoms with Crippen molar-refractivity contribution in [3.05, 3.63) is 48.0 Å². The number of nitrogens with one attached hydrogen (secondary N) is 2. The summed E-state index contributed by atoms with van der Waals surface area (Å²) >= 11 is 1.43. The van der Waals surface area contributed by atoms with Crippen LogP contribution in [-0.2, 0) is 14.8 Å². The quantitative estimate of drug-likeness (QED) is 0.762. The maximum Gasteiger partial charge on any atom is 0.261 e. The number of ketones is 1. The zero-order valence-electron chi connectivity index (χ0n) is 14.3. The standard InChI is InChI=1S/C18H18N2O4S2/c1-3-16-18(22)19-15-10-14(7-8-17(15)25-16)26(23,24)20-13-6-4-5-12(9-13)11(2)21/h4-10,16,20H,3H2,1-2H3,(H,19,22). The van der Waals surface area contributed by atoms with Crippen LogP contribution in [0.2, 0.25) is 0 Å². The molecule has 26 heavy (non-hydrogen) atoms. The fourth-order valence-corrected chi connectivity index (χ4v) is 4.68. The molecule has 0 saturated heterocycles. The lowest BCUT2D eigenvalue weighted by Crippen LogP contribution is -2.28. The maximum absolute atomic E-state index is 12.7. The van der Waals surface area contributed by atoms with Crippen molar-refractivity contribution >= 4 is 44.9 Å². The van der Waals surface area contributed by atoms with Crippen LogP contribution in [0.1, 0.15) is 30.6 Å². The number of Topliss-reactive ketones (excluding diaryl/α,β-unsaturated/α-hetero) is 1. The Labute approximate surface area is 156 Å². The van der Waals surface area contributed by atoms with Gasteiger partial charge in [-0.3, -0.25) is 14.3 Å². The first-order valence-electron chi connectivity index (χ1n) is 8.05. The molecule has 0 bridgehead atoms. The van der Waals surface area contributed by atoms with Gasteiger partial charge in [0.05, 0.1) is 15.8 Å². The van der Waals surface area contributed by atoms with Gasteiger partial charge in [0, 0.05) is 16.1 Å². The Morgan fingerprint density at radius 1 is 1.23 bits per heavy atom. The van der Waals surface area contributed by atoms with Crippen molar-refractivity contribution in [2.75, 3.05) is 10.0 Å².